The van der Waals surface area contributed by atoms with Crippen LogP contribution in [0.2, 0.25) is 0 Å². The van der Waals surface area contributed by atoms with Gasteiger partial charge in [0, 0.05) is 32.8 Å². The SMILES string of the molecule is CCCCCCCCCCCCCCOCC(CNC(=O)C(CCCCNC(=O)O)NCc1ccc(-c2ccccc2)cc1)OCCCCCCCCCCCCCC. The van der Waals surface area contributed by atoms with E-state index in [1.165, 1.54) is 147 Å². The summed E-state index contributed by atoms with van der Waals surface area (Å²) in [4.78, 5) is 24.6. The van der Waals surface area contributed by atoms with Gasteiger partial charge < -0.3 is 30.5 Å². The lowest BCUT2D eigenvalue weighted by Gasteiger charge is -2.22. The summed E-state index contributed by atoms with van der Waals surface area (Å²) in [5.41, 5.74) is 3.43. The molecule has 4 N–H and O–H groups in total. The number of rotatable bonds is 41. The van der Waals surface area contributed by atoms with Crippen molar-refractivity contribution in [2.24, 2.45) is 0 Å². The van der Waals surface area contributed by atoms with Crippen molar-refractivity contribution in [1.29, 1.82) is 0 Å². The molecule has 0 aromatic heterocycles. The first-order valence-corrected chi connectivity index (χ1v) is 24.3. The highest BCUT2D eigenvalue weighted by atomic mass is 16.5. The molecule has 2 atom stereocenters. The summed E-state index contributed by atoms with van der Waals surface area (Å²) in [5, 5.41) is 18.1. The zero-order valence-electron chi connectivity index (χ0n) is 37.8. The summed E-state index contributed by atoms with van der Waals surface area (Å²) in [7, 11) is 0. The van der Waals surface area contributed by atoms with Crippen LogP contribution in [-0.4, -0.2) is 62.2 Å². The number of unbranched alkanes of at least 4 members (excludes halogenated alkanes) is 23. The van der Waals surface area contributed by atoms with Gasteiger partial charge in [-0.15, -0.1) is 0 Å². The van der Waals surface area contributed by atoms with E-state index < -0.39 is 12.1 Å². The molecule has 0 heterocycles. The van der Waals surface area contributed by atoms with E-state index in [1.807, 2.05) is 18.2 Å². The first-order valence-electron chi connectivity index (χ1n) is 24.3. The first kappa shape index (κ1) is 52.2. The summed E-state index contributed by atoms with van der Waals surface area (Å²) in [6.07, 6.45) is 32.3. The van der Waals surface area contributed by atoms with E-state index in [0.29, 0.717) is 45.7 Å². The minimum Gasteiger partial charge on any atom is -0.465 e. The molecule has 0 spiro atoms. The Balaban J connectivity index is 1.82. The minimum absolute atomic E-state index is 0.0583. The predicted molar refractivity (Wildman–Crippen MR) is 248 cm³/mol. The average Bonchev–Trinajstić information content (AvgIpc) is 3.25. The van der Waals surface area contributed by atoms with Crippen molar-refractivity contribution in [2.45, 2.75) is 206 Å². The van der Waals surface area contributed by atoms with Crippen molar-refractivity contribution in [3.05, 3.63) is 60.2 Å². The van der Waals surface area contributed by atoms with E-state index in [2.05, 4.69) is 66.2 Å². The van der Waals surface area contributed by atoms with Gasteiger partial charge in [-0.05, 0) is 48.8 Å². The number of hydrogen-bond acceptors (Lipinski definition) is 5. The topological polar surface area (TPSA) is 109 Å². The molecule has 2 aromatic rings. The number of amides is 2. The van der Waals surface area contributed by atoms with Crippen LogP contribution in [0.15, 0.2) is 54.6 Å². The second-order valence-electron chi connectivity index (χ2n) is 16.8. The van der Waals surface area contributed by atoms with E-state index in [-0.39, 0.29) is 12.0 Å². The van der Waals surface area contributed by atoms with Crippen LogP contribution < -0.4 is 16.0 Å². The van der Waals surface area contributed by atoms with Crippen LogP contribution in [0.25, 0.3) is 11.1 Å². The third kappa shape index (κ3) is 29.9. The summed E-state index contributed by atoms with van der Waals surface area (Å²) < 4.78 is 12.5. The van der Waals surface area contributed by atoms with Crippen LogP contribution in [0.1, 0.15) is 193 Å². The zero-order chi connectivity index (χ0) is 42.3. The van der Waals surface area contributed by atoms with Gasteiger partial charge in [0.2, 0.25) is 5.91 Å². The molecule has 8 heteroatoms. The second kappa shape index (κ2) is 38.0. The van der Waals surface area contributed by atoms with Crippen molar-refractivity contribution in [3.8, 4) is 11.1 Å². The first-order chi connectivity index (χ1) is 29.0. The summed E-state index contributed by atoms with van der Waals surface area (Å²) in [6, 6.07) is 18.4. The average molecular weight is 822 g/mol. The highest BCUT2D eigenvalue weighted by Crippen LogP contribution is 2.20. The fraction of sp³-hybridized carbons (Fsp3) is 0.725. The van der Waals surface area contributed by atoms with Crippen LogP contribution in [0, 0.1) is 0 Å². The van der Waals surface area contributed by atoms with E-state index in [1.54, 1.807) is 0 Å². The molecular weight excluding hydrogens is 735 g/mol. The Morgan fingerprint density at radius 1 is 0.559 bits per heavy atom. The molecule has 0 fully saturated rings. The van der Waals surface area contributed by atoms with Crippen molar-refractivity contribution >= 4 is 12.0 Å². The number of nitrogens with one attached hydrogen (secondary N) is 3. The third-order valence-corrected chi connectivity index (χ3v) is 11.4. The highest BCUT2D eigenvalue weighted by Gasteiger charge is 2.20. The number of ether oxygens (including phenoxy) is 2. The van der Waals surface area contributed by atoms with Gasteiger partial charge >= 0.3 is 6.09 Å². The van der Waals surface area contributed by atoms with Gasteiger partial charge in [0.1, 0.15) is 0 Å². The van der Waals surface area contributed by atoms with Crippen LogP contribution in [0.4, 0.5) is 4.79 Å². The zero-order valence-corrected chi connectivity index (χ0v) is 37.8. The number of hydrogen-bond donors (Lipinski definition) is 4. The van der Waals surface area contributed by atoms with Gasteiger partial charge in [-0.3, -0.25) is 4.79 Å². The predicted octanol–water partition coefficient (Wildman–Crippen LogP) is 13.2. The fourth-order valence-corrected chi connectivity index (χ4v) is 7.64. The lowest BCUT2D eigenvalue weighted by atomic mass is 10.0. The molecule has 2 aromatic carbocycles. The van der Waals surface area contributed by atoms with Gasteiger partial charge in [-0.25, -0.2) is 4.79 Å². The molecular formula is C51H87N3O5. The van der Waals surface area contributed by atoms with E-state index in [0.717, 1.165) is 37.0 Å². The Kier molecular flexibility index (Phi) is 33.6. The highest BCUT2D eigenvalue weighted by molar-refractivity contribution is 5.81. The van der Waals surface area contributed by atoms with Crippen molar-refractivity contribution < 1.29 is 24.2 Å². The van der Waals surface area contributed by atoms with Crippen LogP contribution >= 0.6 is 0 Å². The number of benzene rings is 2. The van der Waals surface area contributed by atoms with E-state index >= 15 is 0 Å². The van der Waals surface area contributed by atoms with E-state index in [4.69, 9.17) is 14.6 Å². The van der Waals surface area contributed by atoms with Crippen molar-refractivity contribution in [3.63, 3.8) is 0 Å². The Hall–Kier alpha value is -2.94. The lowest BCUT2D eigenvalue weighted by molar-refractivity contribution is -0.124. The maximum atomic E-state index is 13.7. The molecule has 0 saturated carbocycles. The second-order valence-corrected chi connectivity index (χ2v) is 16.8. The molecule has 2 rings (SSSR count). The fourth-order valence-electron chi connectivity index (χ4n) is 7.64. The van der Waals surface area contributed by atoms with Crippen LogP contribution in [-0.2, 0) is 20.8 Å². The lowest BCUT2D eigenvalue weighted by Crippen LogP contribution is -2.47. The Labute approximate surface area is 361 Å². The van der Waals surface area contributed by atoms with Gasteiger partial charge in [-0.1, -0.05) is 210 Å². The number of carbonyl (C=O) groups excluding carboxylic acids is 1. The summed E-state index contributed by atoms with van der Waals surface area (Å²) >= 11 is 0. The molecule has 0 saturated heterocycles. The summed E-state index contributed by atoms with van der Waals surface area (Å²) in [6.45, 7) is 7.76. The molecule has 8 nitrogen and oxygen atoms in total. The molecule has 0 aliphatic carbocycles. The monoisotopic (exact) mass is 822 g/mol. The van der Waals surface area contributed by atoms with Gasteiger partial charge in [-0.2, -0.15) is 0 Å². The Morgan fingerprint density at radius 3 is 1.58 bits per heavy atom. The van der Waals surface area contributed by atoms with Gasteiger partial charge in [0.25, 0.3) is 0 Å². The Morgan fingerprint density at radius 2 is 1.05 bits per heavy atom. The summed E-state index contributed by atoms with van der Waals surface area (Å²) in [5.74, 6) is -0.0583. The van der Waals surface area contributed by atoms with Crippen molar-refractivity contribution in [2.75, 3.05) is 32.9 Å². The minimum atomic E-state index is -1.02. The molecule has 59 heavy (non-hydrogen) atoms. The Bertz CT molecular complexity index is 1240. The molecule has 0 radical (unpaired) electrons. The third-order valence-electron chi connectivity index (χ3n) is 11.4. The quantitative estimate of drug-likeness (QED) is 0.0498. The normalized spacial score (nSPS) is 12.4. The maximum absolute atomic E-state index is 13.7. The smallest absolute Gasteiger partial charge is 0.404 e. The molecule has 2 amide bonds. The van der Waals surface area contributed by atoms with E-state index in [9.17, 15) is 9.59 Å². The number of carboxylic acid groups (broad SMARTS) is 1. The molecule has 336 valence electrons. The van der Waals surface area contributed by atoms with Gasteiger partial charge in [0.05, 0.1) is 18.8 Å². The van der Waals surface area contributed by atoms with Gasteiger partial charge in [0.15, 0.2) is 0 Å². The molecule has 2 unspecified atom stereocenters. The van der Waals surface area contributed by atoms with Crippen LogP contribution in [0.3, 0.4) is 0 Å². The molecule has 0 aliphatic heterocycles. The largest absolute Gasteiger partial charge is 0.465 e. The van der Waals surface area contributed by atoms with Crippen LogP contribution in [0.5, 0.6) is 0 Å². The number of carbonyl (C=O) groups is 2. The van der Waals surface area contributed by atoms with Crippen molar-refractivity contribution in [1.82, 2.24) is 16.0 Å². The standard InChI is InChI=1S/C51H87N3O5/c1-3-5-7-9-11-13-15-17-19-21-23-30-40-58-44-48(59-41-31-24-22-20-18-16-14-12-10-8-6-4-2)43-54-50(55)49(34-28-29-39-52-51(56)57)53-42-45-35-37-47(38-36-45)46-32-26-25-27-33-46/h25-27,32-33,35-38,48-49,52-53H,3-24,28-31,34,39-44H2,1-2H3,(H,54,55)(H,56,57). The maximum Gasteiger partial charge on any atom is 0.404 e. The molecule has 0 aliphatic rings. The molecule has 0 bridgehead atoms.